The van der Waals surface area contributed by atoms with E-state index in [0.29, 0.717) is 11.5 Å². The SMILES string of the molecule is N#CCC1=NC(=O)C2C=C(Br)C=CC2=N1. The Morgan fingerprint density at radius 3 is 3.00 bits per heavy atom. The van der Waals surface area contributed by atoms with Crippen molar-refractivity contribution in [2.75, 3.05) is 0 Å². The van der Waals surface area contributed by atoms with Crippen LogP contribution in [0.2, 0.25) is 0 Å². The van der Waals surface area contributed by atoms with Crippen LogP contribution in [0.25, 0.3) is 0 Å². The minimum absolute atomic E-state index is 0.0701. The van der Waals surface area contributed by atoms with Crippen molar-refractivity contribution in [2.45, 2.75) is 6.42 Å². The fraction of sp³-hybridized carbons (Fsp3) is 0.200. The number of nitrogens with zero attached hydrogens (tertiary/aromatic N) is 3. The summed E-state index contributed by atoms with van der Waals surface area (Å²) in [5.74, 6) is -0.358. The molecular formula is C10H6BrN3O. The molecule has 0 saturated carbocycles. The number of halogens is 1. The highest BCUT2D eigenvalue weighted by Crippen LogP contribution is 2.23. The van der Waals surface area contributed by atoms with Gasteiger partial charge in [-0.2, -0.15) is 10.3 Å². The zero-order chi connectivity index (χ0) is 10.8. The molecule has 1 heterocycles. The average Bonchev–Trinajstić information content (AvgIpc) is 2.20. The van der Waals surface area contributed by atoms with Gasteiger partial charge >= 0.3 is 0 Å². The summed E-state index contributed by atoms with van der Waals surface area (Å²) in [5, 5.41) is 8.49. The number of carbonyl (C=O) groups excluding carboxylic acids is 1. The third-order valence-electron chi connectivity index (χ3n) is 2.06. The molecule has 0 aromatic carbocycles. The maximum atomic E-state index is 11.6. The predicted octanol–water partition coefficient (Wildman–Crippen LogP) is 1.74. The van der Waals surface area contributed by atoms with Crippen molar-refractivity contribution in [1.29, 1.82) is 5.26 Å². The molecule has 1 aliphatic carbocycles. The summed E-state index contributed by atoms with van der Waals surface area (Å²) in [6, 6.07) is 1.92. The van der Waals surface area contributed by atoms with E-state index in [9.17, 15) is 4.79 Å². The van der Waals surface area contributed by atoms with E-state index in [1.807, 2.05) is 12.1 Å². The van der Waals surface area contributed by atoms with E-state index in [0.717, 1.165) is 4.48 Å². The Balaban J connectivity index is 2.35. The third kappa shape index (κ3) is 1.95. The van der Waals surface area contributed by atoms with Crippen LogP contribution < -0.4 is 0 Å². The third-order valence-corrected chi connectivity index (χ3v) is 2.59. The normalized spacial score (nSPS) is 23.6. The van der Waals surface area contributed by atoms with Gasteiger partial charge < -0.3 is 0 Å². The van der Waals surface area contributed by atoms with E-state index in [2.05, 4.69) is 25.9 Å². The lowest BCUT2D eigenvalue weighted by Crippen LogP contribution is -2.27. The molecule has 0 radical (unpaired) electrons. The van der Waals surface area contributed by atoms with E-state index in [1.54, 1.807) is 12.2 Å². The molecule has 15 heavy (non-hydrogen) atoms. The predicted molar refractivity (Wildman–Crippen MR) is 59.7 cm³/mol. The van der Waals surface area contributed by atoms with Crippen molar-refractivity contribution in [2.24, 2.45) is 15.9 Å². The first-order valence-corrected chi connectivity index (χ1v) is 5.12. The first kappa shape index (κ1) is 9.99. The topological polar surface area (TPSA) is 65.6 Å². The molecule has 5 heteroatoms. The van der Waals surface area contributed by atoms with E-state index in [4.69, 9.17) is 5.26 Å². The van der Waals surface area contributed by atoms with Crippen LogP contribution in [-0.2, 0) is 4.79 Å². The highest BCUT2D eigenvalue weighted by molar-refractivity contribution is 9.11. The highest BCUT2D eigenvalue weighted by atomic mass is 79.9. The summed E-state index contributed by atoms with van der Waals surface area (Å²) in [5.41, 5.74) is 0.656. The molecule has 0 bridgehead atoms. The zero-order valence-corrected chi connectivity index (χ0v) is 9.23. The van der Waals surface area contributed by atoms with Crippen LogP contribution in [0.5, 0.6) is 0 Å². The van der Waals surface area contributed by atoms with Gasteiger partial charge in [-0.3, -0.25) is 4.79 Å². The lowest BCUT2D eigenvalue weighted by molar-refractivity contribution is -0.118. The Kier molecular flexibility index (Phi) is 2.60. The maximum Gasteiger partial charge on any atom is 0.260 e. The van der Waals surface area contributed by atoms with Crippen molar-refractivity contribution in [3.63, 3.8) is 0 Å². The number of carbonyl (C=O) groups is 1. The Morgan fingerprint density at radius 1 is 1.47 bits per heavy atom. The lowest BCUT2D eigenvalue weighted by Gasteiger charge is -2.17. The standard InChI is InChI=1S/C10H6BrN3O/c11-6-1-2-8-7(5-6)10(15)14-9(13-8)3-4-12/h1-2,5,7H,3H2. The summed E-state index contributed by atoms with van der Waals surface area (Å²) in [6.45, 7) is 0. The van der Waals surface area contributed by atoms with E-state index >= 15 is 0 Å². The van der Waals surface area contributed by atoms with Crippen LogP contribution in [0.4, 0.5) is 0 Å². The van der Waals surface area contributed by atoms with Crippen LogP contribution in [0.3, 0.4) is 0 Å². The lowest BCUT2D eigenvalue weighted by atomic mass is 9.96. The van der Waals surface area contributed by atoms with Gasteiger partial charge in [-0.15, -0.1) is 0 Å². The molecule has 0 N–H and O–H groups in total. The fourth-order valence-corrected chi connectivity index (χ4v) is 1.79. The molecule has 1 amide bonds. The van der Waals surface area contributed by atoms with Crippen LogP contribution in [-0.4, -0.2) is 17.5 Å². The van der Waals surface area contributed by atoms with E-state index in [-0.39, 0.29) is 12.3 Å². The molecule has 74 valence electrons. The molecule has 0 aromatic heterocycles. The summed E-state index contributed by atoms with van der Waals surface area (Å²) in [6.07, 6.45) is 5.41. The van der Waals surface area contributed by atoms with Gasteiger partial charge in [-0.1, -0.05) is 22.0 Å². The van der Waals surface area contributed by atoms with Gasteiger partial charge in [0.1, 0.15) is 11.8 Å². The van der Waals surface area contributed by atoms with Crippen LogP contribution in [0.1, 0.15) is 6.42 Å². The Morgan fingerprint density at radius 2 is 2.27 bits per heavy atom. The summed E-state index contributed by atoms with van der Waals surface area (Å²) in [7, 11) is 0. The quantitative estimate of drug-likeness (QED) is 0.724. The minimum Gasteiger partial charge on any atom is -0.271 e. The van der Waals surface area contributed by atoms with Crippen LogP contribution in [0, 0.1) is 17.2 Å². The molecule has 1 atom stereocenters. The Labute approximate surface area is 94.8 Å². The summed E-state index contributed by atoms with van der Waals surface area (Å²) in [4.78, 5) is 19.5. The Bertz CT molecular complexity index is 479. The first-order valence-electron chi connectivity index (χ1n) is 4.33. The largest absolute Gasteiger partial charge is 0.271 e. The number of nitriles is 1. The number of amides is 1. The number of hydrogen-bond acceptors (Lipinski definition) is 3. The molecule has 0 aromatic rings. The number of aliphatic imine (C=N–C) groups is 2. The number of hydrogen-bond donors (Lipinski definition) is 0. The van der Waals surface area contributed by atoms with Gasteiger partial charge in [0.05, 0.1) is 18.2 Å². The molecule has 0 spiro atoms. The van der Waals surface area contributed by atoms with Crippen molar-refractivity contribution in [3.8, 4) is 6.07 Å². The smallest absolute Gasteiger partial charge is 0.260 e. The van der Waals surface area contributed by atoms with Crippen molar-refractivity contribution in [3.05, 3.63) is 22.7 Å². The molecule has 2 rings (SSSR count). The maximum absolute atomic E-state index is 11.6. The van der Waals surface area contributed by atoms with Gasteiger partial charge in [0.25, 0.3) is 5.91 Å². The van der Waals surface area contributed by atoms with Gasteiger partial charge in [-0.05, 0) is 12.2 Å². The van der Waals surface area contributed by atoms with Gasteiger partial charge in [0.2, 0.25) is 0 Å². The van der Waals surface area contributed by atoms with Gasteiger partial charge in [0.15, 0.2) is 0 Å². The highest BCUT2D eigenvalue weighted by Gasteiger charge is 2.27. The summed E-state index contributed by atoms with van der Waals surface area (Å²) >= 11 is 3.29. The Hall–Kier alpha value is -1.54. The number of rotatable bonds is 1. The minimum atomic E-state index is -0.396. The molecule has 1 aliphatic heterocycles. The molecule has 4 nitrogen and oxygen atoms in total. The first-order chi connectivity index (χ1) is 7.20. The van der Waals surface area contributed by atoms with Crippen molar-refractivity contribution in [1.82, 2.24) is 0 Å². The van der Waals surface area contributed by atoms with Crippen molar-refractivity contribution < 1.29 is 4.79 Å². The second kappa shape index (κ2) is 3.91. The van der Waals surface area contributed by atoms with Crippen LogP contribution >= 0.6 is 15.9 Å². The molecular weight excluding hydrogens is 258 g/mol. The second-order valence-corrected chi connectivity index (χ2v) is 4.02. The summed E-state index contributed by atoms with van der Waals surface area (Å²) < 4.78 is 0.846. The number of allylic oxidation sites excluding steroid dienone is 3. The number of fused-ring (bicyclic) bond motifs is 1. The fourth-order valence-electron chi connectivity index (χ4n) is 1.39. The number of amidine groups is 1. The average molecular weight is 264 g/mol. The second-order valence-electron chi connectivity index (χ2n) is 3.10. The molecule has 0 fully saturated rings. The molecule has 1 unspecified atom stereocenters. The van der Waals surface area contributed by atoms with Crippen molar-refractivity contribution >= 4 is 33.4 Å². The monoisotopic (exact) mass is 263 g/mol. The molecule has 0 saturated heterocycles. The van der Waals surface area contributed by atoms with E-state index < -0.39 is 5.92 Å². The van der Waals surface area contributed by atoms with Crippen LogP contribution in [0.15, 0.2) is 32.7 Å². The van der Waals surface area contributed by atoms with Gasteiger partial charge in [0, 0.05) is 4.48 Å². The zero-order valence-electron chi connectivity index (χ0n) is 7.64. The van der Waals surface area contributed by atoms with Gasteiger partial charge in [-0.25, -0.2) is 4.99 Å². The van der Waals surface area contributed by atoms with E-state index in [1.165, 1.54) is 0 Å². The molecule has 2 aliphatic rings.